The van der Waals surface area contributed by atoms with Crippen LogP contribution in [0.3, 0.4) is 0 Å². The van der Waals surface area contributed by atoms with Crippen LogP contribution in [-0.4, -0.2) is 57.9 Å². The van der Waals surface area contributed by atoms with E-state index in [1.165, 1.54) is 4.90 Å². The minimum absolute atomic E-state index is 0.0675. The van der Waals surface area contributed by atoms with Crippen molar-refractivity contribution < 1.29 is 14.4 Å². The molecule has 7 nitrogen and oxygen atoms in total. The zero-order chi connectivity index (χ0) is 21.6. The number of hydrogen-bond acceptors (Lipinski definition) is 4. The van der Waals surface area contributed by atoms with Crippen LogP contribution in [0.5, 0.6) is 0 Å². The first kappa shape index (κ1) is 21.8. The van der Waals surface area contributed by atoms with Gasteiger partial charge in [-0.05, 0) is 65.2 Å². The Balaban J connectivity index is 1.56. The Morgan fingerprint density at radius 3 is 2.34 bits per heavy atom. The first-order chi connectivity index (χ1) is 13.4. The van der Waals surface area contributed by atoms with Crippen molar-refractivity contribution in [3.8, 4) is 0 Å². The second-order valence-corrected chi connectivity index (χ2v) is 10.1. The zero-order valence-corrected chi connectivity index (χ0v) is 19.0. The first-order valence-corrected chi connectivity index (χ1v) is 10.7. The van der Waals surface area contributed by atoms with Crippen LogP contribution in [0, 0.1) is 0 Å². The highest BCUT2D eigenvalue weighted by atomic mass is 79.9. The Morgan fingerprint density at radius 1 is 1.14 bits per heavy atom. The molecule has 0 saturated carbocycles. The van der Waals surface area contributed by atoms with Gasteiger partial charge in [-0.15, -0.1) is 0 Å². The number of carbonyl (C=O) groups excluding carboxylic acids is 3. The summed E-state index contributed by atoms with van der Waals surface area (Å²) in [6.45, 7) is 8.77. The Bertz CT molecular complexity index is 834. The average molecular weight is 465 g/mol. The molecule has 2 aliphatic heterocycles. The van der Waals surface area contributed by atoms with Crippen LogP contribution in [0.4, 0.5) is 4.79 Å². The minimum atomic E-state index is -0.346. The van der Waals surface area contributed by atoms with E-state index in [0.717, 1.165) is 17.3 Å². The molecule has 158 valence electrons. The summed E-state index contributed by atoms with van der Waals surface area (Å²) >= 11 is 3.33. The van der Waals surface area contributed by atoms with E-state index in [4.69, 9.17) is 5.73 Å². The maximum atomic E-state index is 12.9. The quantitative estimate of drug-likeness (QED) is 0.528. The number of amides is 4. The van der Waals surface area contributed by atoms with Gasteiger partial charge in [0.1, 0.15) is 0 Å². The molecule has 1 fully saturated rings. The van der Waals surface area contributed by atoms with Crippen LogP contribution in [0.2, 0.25) is 0 Å². The number of rotatable bonds is 4. The summed E-state index contributed by atoms with van der Waals surface area (Å²) in [7, 11) is 0. The smallest absolute Gasteiger partial charge is 0.318 e. The third-order valence-electron chi connectivity index (χ3n) is 5.70. The predicted octanol–water partition coefficient (Wildman–Crippen LogP) is 3.13. The molecule has 3 rings (SSSR count). The number of nitrogens with zero attached hydrogens (tertiary/aromatic N) is 2. The number of imide groups is 1. The molecule has 1 aromatic rings. The number of fused-ring (bicyclic) bond motifs is 1. The molecule has 1 aromatic carbocycles. The molecule has 4 amide bonds. The number of nitrogens with two attached hydrogens (primary N) is 1. The van der Waals surface area contributed by atoms with E-state index >= 15 is 0 Å². The predicted molar refractivity (Wildman–Crippen MR) is 115 cm³/mol. The molecule has 0 aromatic heterocycles. The third kappa shape index (κ3) is 4.19. The van der Waals surface area contributed by atoms with E-state index in [1.807, 2.05) is 32.6 Å². The summed E-state index contributed by atoms with van der Waals surface area (Å²) in [5.41, 5.74) is 6.33. The Morgan fingerprint density at radius 2 is 1.72 bits per heavy atom. The molecular weight excluding hydrogens is 436 g/mol. The lowest BCUT2D eigenvalue weighted by molar-refractivity contribution is 0.00318. The van der Waals surface area contributed by atoms with Gasteiger partial charge in [-0.3, -0.25) is 14.5 Å². The van der Waals surface area contributed by atoms with Crippen LogP contribution in [0.1, 0.15) is 67.7 Å². The van der Waals surface area contributed by atoms with E-state index in [9.17, 15) is 14.4 Å². The van der Waals surface area contributed by atoms with E-state index in [1.54, 1.807) is 18.2 Å². The summed E-state index contributed by atoms with van der Waals surface area (Å²) < 4.78 is 0.762. The van der Waals surface area contributed by atoms with Gasteiger partial charge >= 0.3 is 6.03 Å². The van der Waals surface area contributed by atoms with Crippen molar-refractivity contribution in [2.45, 2.75) is 64.1 Å². The van der Waals surface area contributed by atoms with Crippen LogP contribution >= 0.6 is 15.9 Å². The highest BCUT2D eigenvalue weighted by Gasteiger charge is 2.46. The van der Waals surface area contributed by atoms with Gasteiger partial charge in [0.15, 0.2) is 0 Å². The average Bonchev–Trinajstić information content (AvgIpc) is 2.79. The van der Waals surface area contributed by atoms with Crippen LogP contribution in [0.25, 0.3) is 0 Å². The van der Waals surface area contributed by atoms with Crippen molar-refractivity contribution in [1.29, 1.82) is 0 Å². The molecule has 0 atom stereocenters. The Labute approximate surface area is 180 Å². The van der Waals surface area contributed by atoms with Gasteiger partial charge in [-0.1, -0.05) is 15.9 Å². The SMILES string of the molecule is CC1(C)CC(N)CC(C)(C)N1C(=O)NCCCN1C(=O)c2ccc(Br)cc2C1=O. The molecule has 29 heavy (non-hydrogen) atoms. The Kier molecular flexibility index (Phi) is 5.80. The van der Waals surface area contributed by atoms with Gasteiger partial charge in [-0.25, -0.2) is 4.79 Å². The third-order valence-corrected chi connectivity index (χ3v) is 6.20. The fraction of sp³-hybridized carbons (Fsp3) is 0.571. The van der Waals surface area contributed by atoms with Crippen molar-refractivity contribution in [2.75, 3.05) is 13.1 Å². The molecule has 0 unspecified atom stereocenters. The first-order valence-electron chi connectivity index (χ1n) is 9.93. The van der Waals surface area contributed by atoms with Crippen molar-refractivity contribution >= 4 is 33.8 Å². The number of nitrogens with one attached hydrogen (secondary N) is 1. The van der Waals surface area contributed by atoms with E-state index in [-0.39, 0.29) is 41.5 Å². The minimum Gasteiger partial charge on any atom is -0.338 e. The molecule has 0 bridgehead atoms. The molecule has 0 aliphatic carbocycles. The molecule has 1 saturated heterocycles. The maximum absolute atomic E-state index is 12.9. The molecular formula is C21H29BrN4O3. The Hall–Kier alpha value is -1.93. The van der Waals surface area contributed by atoms with Gasteiger partial charge in [0, 0.05) is 34.7 Å². The van der Waals surface area contributed by atoms with Gasteiger partial charge in [0.05, 0.1) is 11.1 Å². The number of hydrogen-bond donors (Lipinski definition) is 2. The van der Waals surface area contributed by atoms with Crippen molar-refractivity contribution in [2.24, 2.45) is 5.73 Å². The lowest BCUT2D eigenvalue weighted by Crippen LogP contribution is -2.67. The number of carbonyl (C=O) groups is 3. The van der Waals surface area contributed by atoms with E-state index in [0.29, 0.717) is 24.1 Å². The second kappa shape index (κ2) is 7.72. The van der Waals surface area contributed by atoms with Gasteiger partial charge in [-0.2, -0.15) is 0 Å². The number of halogens is 1. The highest BCUT2D eigenvalue weighted by molar-refractivity contribution is 9.10. The second-order valence-electron chi connectivity index (χ2n) is 9.17. The van der Waals surface area contributed by atoms with Gasteiger partial charge in [0.25, 0.3) is 11.8 Å². The van der Waals surface area contributed by atoms with Crippen LogP contribution in [0.15, 0.2) is 22.7 Å². The summed E-state index contributed by atoms with van der Waals surface area (Å²) in [5.74, 6) is -0.568. The molecule has 2 heterocycles. The summed E-state index contributed by atoms with van der Waals surface area (Å²) in [5, 5.41) is 2.95. The number of benzene rings is 1. The van der Waals surface area contributed by atoms with Gasteiger partial charge < -0.3 is 16.0 Å². The normalized spacial score (nSPS) is 20.8. The maximum Gasteiger partial charge on any atom is 0.318 e. The van der Waals surface area contributed by atoms with E-state index in [2.05, 4.69) is 21.2 Å². The van der Waals surface area contributed by atoms with Crippen molar-refractivity contribution in [3.05, 3.63) is 33.8 Å². The lowest BCUT2D eigenvalue weighted by Gasteiger charge is -2.54. The highest BCUT2D eigenvalue weighted by Crippen LogP contribution is 2.37. The fourth-order valence-electron chi connectivity index (χ4n) is 4.88. The summed E-state index contributed by atoms with van der Waals surface area (Å²) in [6, 6.07) is 5.01. The van der Waals surface area contributed by atoms with Gasteiger partial charge in [0.2, 0.25) is 0 Å². The monoisotopic (exact) mass is 464 g/mol. The van der Waals surface area contributed by atoms with Crippen molar-refractivity contribution in [1.82, 2.24) is 15.1 Å². The number of likely N-dealkylation sites (tertiary alicyclic amines) is 1. The topological polar surface area (TPSA) is 95.7 Å². The van der Waals surface area contributed by atoms with E-state index < -0.39 is 0 Å². The molecule has 0 spiro atoms. The van der Waals surface area contributed by atoms with Crippen LogP contribution < -0.4 is 11.1 Å². The number of piperidine rings is 1. The number of urea groups is 1. The zero-order valence-electron chi connectivity index (χ0n) is 17.4. The standard InChI is InChI=1S/C21H29BrN4O3/c1-20(2)11-14(23)12-21(3,4)26(20)19(29)24-8-5-9-25-17(27)15-7-6-13(22)10-16(15)18(25)28/h6-7,10,14H,5,8-9,11-12,23H2,1-4H3,(H,24,29). The van der Waals surface area contributed by atoms with Crippen molar-refractivity contribution in [3.63, 3.8) is 0 Å². The lowest BCUT2D eigenvalue weighted by atomic mass is 9.77. The van der Waals surface area contributed by atoms with Crippen LogP contribution in [-0.2, 0) is 0 Å². The summed E-state index contributed by atoms with van der Waals surface area (Å²) in [6.07, 6.45) is 1.98. The fourth-order valence-corrected chi connectivity index (χ4v) is 5.25. The largest absolute Gasteiger partial charge is 0.338 e. The molecule has 8 heteroatoms. The molecule has 0 radical (unpaired) electrons. The molecule has 3 N–H and O–H groups in total. The molecule has 2 aliphatic rings. The summed E-state index contributed by atoms with van der Waals surface area (Å²) in [4.78, 5) is 41.0.